The van der Waals surface area contributed by atoms with Crippen molar-refractivity contribution in [3.63, 3.8) is 0 Å². The number of unbranched alkanes of at least 4 members (excludes halogenated alkanes) is 1. The number of benzene rings is 1. The summed E-state index contributed by atoms with van der Waals surface area (Å²) < 4.78 is 10.5. The fourth-order valence-corrected chi connectivity index (χ4v) is 2.16. The third kappa shape index (κ3) is 5.06. The first-order valence-electron chi connectivity index (χ1n) is 6.57. The highest BCUT2D eigenvalue weighted by molar-refractivity contribution is 7.99. The van der Waals surface area contributed by atoms with Crippen molar-refractivity contribution in [3.8, 4) is 11.5 Å². The third-order valence-corrected chi connectivity index (χ3v) is 3.62. The lowest BCUT2D eigenvalue weighted by atomic mass is 10.2. The van der Waals surface area contributed by atoms with E-state index in [1.54, 1.807) is 24.3 Å². The van der Waals surface area contributed by atoms with Crippen molar-refractivity contribution in [2.45, 2.75) is 25.0 Å². The van der Waals surface area contributed by atoms with E-state index in [2.05, 4.69) is 10.2 Å². The van der Waals surface area contributed by atoms with Crippen molar-refractivity contribution in [2.24, 2.45) is 0 Å². The van der Waals surface area contributed by atoms with Gasteiger partial charge in [-0.2, -0.15) is 0 Å². The summed E-state index contributed by atoms with van der Waals surface area (Å²) in [7, 11) is 0. The molecule has 0 radical (unpaired) electrons. The summed E-state index contributed by atoms with van der Waals surface area (Å²) in [6.07, 6.45) is 1.87. The van der Waals surface area contributed by atoms with Crippen LogP contribution in [-0.4, -0.2) is 28.5 Å². The van der Waals surface area contributed by atoms with E-state index in [0.717, 1.165) is 30.2 Å². The van der Waals surface area contributed by atoms with Gasteiger partial charge < -0.3 is 9.15 Å². The van der Waals surface area contributed by atoms with Crippen molar-refractivity contribution in [3.05, 3.63) is 29.3 Å². The highest BCUT2D eigenvalue weighted by Gasteiger charge is 2.11. The van der Waals surface area contributed by atoms with Gasteiger partial charge in [-0.3, -0.25) is 4.79 Å². The summed E-state index contributed by atoms with van der Waals surface area (Å²) in [5, 5.41) is 8.81. The van der Waals surface area contributed by atoms with Crippen molar-refractivity contribution in [2.75, 3.05) is 12.4 Å². The Morgan fingerprint density at radius 2 is 2.10 bits per heavy atom. The van der Waals surface area contributed by atoms with Crippen LogP contribution in [0.5, 0.6) is 0 Å². The molecule has 2 rings (SSSR count). The monoisotopic (exact) mass is 326 g/mol. The second-order valence-electron chi connectivity index (χ2n) is 4.24. The van der Waals surface area contributed by atoms with Gasteiger partial charge in [0.25, 0.3) is 5.22 Å². The average molecular weight is 327 g/mol. The standard InChI is InChI=1S/C14H15ClN2O3S/c1-2-3-8-19-12(18)9-21-14-17-16-13(20-14)10-4-6-11(15)7-5-10/h4-7H,2-3,8-9H2,1H3. The van der Waals surface area contributed by atoms with E-state index in [-0.39, 0.29) is 11.7 Å². The fourth-order valence-electron chi connectivity index (χ4n) is 1.47. The van der Waals surface area contributed by atoms with Crippen LogP contribution in [0, 0.1) is 0 Å². The zero-order valence-electron chi connectivity index (χ0n) is 11.5. The summed E-state index contributed by atoms with van der Waals surface area (Å²) in [6.45, 7) is 2.50. The molecule has 0 amide bonds. The topological polar surface area (TPSA) is 65.2 Å². The number of nitrogens with zero attached hydrogens (tertiary/aromatic N) is 2. The molecule has 0 N–H and O–H groups in total. The van der Waals surface area contributed by atoms with Gasteiger partial charge in [-0.15, -0.1) is 10.2 Å². The van der Waals surface area contributed by atoms with Crippen molar-refractivity contribution in [1.29, 1.82) is 0 Å². The first kappa shape index (κ1) is 15.9. The highest BCUT2D eigenvalue weighted by atomic mass is 35.5. The molecule has 0 bridgehead atoms. The summed E-state index contributed by atoms with van der Waals surface area (Å²) in [6, 6.07) is 7.09. The number of ether oxygens (including phenoxy) is 1. The zero-order valence-corrected chi connectivity index (χ0v) is 13.1. The third-order valence-electron chi connectivity index (χ3n) is 2.57. The van der Waals surface area contributed by atoms with Crippen LogP contribution in [-0.2, 0) is 9.53 Å². The number of rotatable bonds is 7. The molecular weight excluding hydrogens is 312 g/mol. The molecule has 0 fully saturated rings. The molecule has 0 atom stereocenters. The first-order chi connectivity index (χ1) is 10.2. The predicted octanol–water partition coefficient (Wildman–Crippen LogP) is 3.83. The summed E-state index contributed by atoms with van der Waals surface area (Å²) in [5.41, 5.74) is 0.782. The number of thioether (sulfide) groups is 1. The summed E-state index contributed by atoms with van der Waals surface area (Å²) in [5.74, 6) is 0.277. The van der Waals surface area contributed by atoms with Crippen molar-refractivity contribution < 1.29 is 13.9 Å². The number of carbonyl (C=O) groups is 1. The van der Waals surface area contributed by atoms with Crippen molar-refractivity contribution in [1.82, 2.24) is 10.2 Å². The molecule has 2 aromatic rings. The largest absolute Gasteiger partial charge is 0.465 e. The molecule has 0 spiro atoms. The lowest BCUT2D eigenvalue weighted by Crippen LogP contribution is -2.08. The maximum Gasteiger partial charge on any atom is 0.316 e. The van der Waals surface area contributed by atoms with Gasteiger partial charge >= 0.3 is 5.97 Å². The molecule has 0 aliphatic rings. The lowest BCUT2D eigenvalue weighted by Gasteiger charge is -2.01. The van der Waals surface area contributed by atoms with Crippen LogP contribution < -0.4 is 0 Å². The summed E-state index contributed by atoms with van der Waals surface area (Å²) >= 11 is 6.98. The molecule has 1 heterocycles. The van der Waals surface area contributed by atoms with Gasteiger partial charge in [0, 0.05) is 10.6 Å². The van der Waals surface area contributed by atoms with Gasteiger partial charge in [-0.25, -0.2) is 0 Å². The Kier molecular flexibility index (Phi) is 6.07. The minimum absolute atomic E-state index is 0.159. The second-order valence-corrected chi connectivity index (χ2v) is 5.61. The van der Waals surface area contributed by atoms with E-state index < -0.39 is 0 Å². The number of halogens is 1. The molecule has 7 heteroatoms. The summed E-state index contributed by atoms with van der Waals surface area (Å²) in [4.78, 5) is 11.5. The van der Waals surface area contributed by atoms with E-state index >= 15 is 0 Å². The fraction of sp³-hybridized carbons (Fsp3) is 0.357. The van der Waals surface area contributed by atoms with Crippen LogP contribution in [0.4, 0.5) is 0 Å². The van der Waals surface area contributed by atoms with E-state index in [1.165, 1.54) is 0 Å². The van der Waals surface area contributed by atoms with E-state index in [1.807, 2.05) is 6.92 Å². The molecule has 1 aromatic carbocycles. The van der Waals surface area contributed by atoms with Gasteiger partial charge in [-0.1, -0.05) is 36.7 Å². The van der Waals surface area contributed by atoms with Crippen LogP contribution in [0.2, 0.25) is 5.02 Å². The zero-order chi connectivity index (χ0) is 15.1. The smallest absolute Gasteiger partial charge is 0.316 e. The van der Waals surface area contributed by atoms with Gasteiger partial charge in [0.2, 0.25) is 5.89 Å². The Morgan fingerprint density at radius 1 is 1.33 bits per heavy atom. The molecule has 0 aliphatic heterocycles. The Morgan fingerprint density at radius 3 is 2.81 bits per heavy atom. The Labute approximate surface area is 132 Å². The molecule has 5 nitrogen and oxygen atoms in total. The van der Waals surface area contributed by atoms with Gasteiger partial charge in [0.05, 0.1) is 6.61 Å². The highest BCUT2D eigenvalue weighted by Crippen LogP contribution is 2.24. The second kappa shape index (κ2) is 8.05. The first-order valence-corrected chi connectivity index (χ1v) is 7.93. The molecule has 21 heavy (non-hydrogen) atoms. The molecule has 0 unspecified atom stereocenters. The average Bonchev–Trinajstić information content (AvgIpc) is 2.95. The van der Waals surface area contributed by atoms with Gasteiger partial charge in [-0.05, 0) is 30.7 Å². The molecule has 0 aliphatic carbocycles. The van der Waals surface area contributed by atoms with Crippen LogP contribution in [0.1, 0.15) is 19.8 Å². The number of aromatic nitrogens is 2. The van der Waals surface area contributed by atoms with Crippen LogP contribution >= 0.6 is 23.4 Å². The van der Waals surface area contributed by atoms with Crippen molar-refractivity contribution >= 4 is 29.3 Å². The van der Waals surface area contributed by atoms with Crippen LogP contribution in [0.15, 0.2) is 33.9 Å². The normalized spacial score (nSPS) is 10.6. The van der Waals surface area contributed by atoms with E-state index in [0.29, 0.717) is 22.7 Å². The Bertz CT molecular complexity index is 586. The maximum atomic E-state index is 11.5. The molecule has 1 aromatic heterocycles. The minimum Gasteiger partial charge on any atom is -0.465 e. The quantitative estimate of drug-likeness (QED) is 0.438. The number of carbonyl (C=O) groups excluding carboxylic acids is 1. The molecule has 112 valence electrons. The SMILES string of the molecule is CCCCOC(=O)CSc1nnc(-c2ccc(Cl)cc2)o1. The number of esters is 1. The number of hydrogen-bond acceptors (Lipinski definition) is 6. The predicted molar refractivity (Wildman–Crippen MR) is 81.3 cm³/mol. The minimum atomic E-state index is -0.278. The maximum absolute atomic E-state index is 11.5. The molecule has 0 saturated carbocycles. The van der Waals surface area contributed by atoms with E-state index in [4.69, 9.17) is 20.8 Å². The van der Waals surface area contributed by atoms with Gasteiger partial charge in [0.1, 0.15) is 5.75 Å². The Hall–Kier alpha value is -1.53. The lowest BCUT2D eigenvalue weighted by molar-refractivity contribution is -0.140. The van der Waals surface area contributed by atoms with Crippen LogP contribution in [0.25, 0.3) is 11.5 Å². The number of hydrogen-bond donors (Lipinski definition) is 0. The Balaban J connectivity index is 1.86. The van der Waals surface area contributed by atoms with Gasteiger partial charge in [0.15, 0.2) is 0 Å². The molecular formula is C14H15ClN2O3S. The van der Waals surface area contributed by atoms with E-state index in [9.17, 15) is 4.79 Å². The molecule has 0 saturated heterocycles. The van der Waals surface area contributed by atoms with Crippen LogP contribution in [0.3, 0.4) is 0 Å².